The molecule has 172 valence electrons. The van der Waals surface area contributed by atoms with E-state index in [1.54, 1.807) is 12.3 Å². The van der Waals surface area contributed by atoms with E-state index in [0.717, 1.165) is 49.2 Å². The maximum Gasteiger partial charge on any atom is 0.433 e. The summed E-state index contributed by atoms with van der Waals surface area (Å²) >= 11 is 0. The van der Waals surface area contributed by atoms with Gasteiger partial charge in [-0.25, -0.2) is 4.98 Å². The van der Waals surface area contributed by atoms with E-state index in [9.17, 15) is 18.0 Å². The summed E-state index contributed by atoms with van der Waals surface area (Å²) in [4.78, 5) is 21.0. The van der Waals surface area contributed by atoms with Crippen molar-refractivity contribution in [3.8, 4) is 16.9 Å². The Balaban J connectivity index is 0.00000259. The molecule has 0 unspecified atom stereocenters. The average Bonchev–Trinajstić information content (AvgIpc) is 2.93. The summed E-state index contributed by atoms with van der Waals surface area (Å²) < 4.78 is 41.7. The smallest absolute Gasteiger partial charge is 0.332 e. The summed E-state index contributed by atoms with van der Waals surface area (Å²) in [6.45, 7) is 1.84. The third kappa shape index (κ3) is 4.14. The number of fused-ring (bicyclic) bond motifs is 3. The van der Waals surface area contributed by atoms with Crippen LogP contribution in [-0.2, 0) is 26.1 Å². The molecule has 5 rings (SSSR count). The third-order valence-corrected chi connectivity index (χ3v) is 5.90. The molecule has 0 atom stereocenters. The van der Waals surface area contributed by atoms with Crippen molar-refractivity contribution in [3.63, 3.8) is 0 Å². The maximum atomic E-state index is 12.8. The highest BCUT2D eigenvalue weighted by Crippen LogP contribution is 2.29. The van der Waals surface area contributed by atoms with Gasteiger partial charge >= 0.3 is 6.18 Å². The van der Waals surface area contributed by atoms with E-state index < -0.39 is 11.9 Å². The Morgan fingerprint density at radius 1 is 1.03 bits per heavy atom. The maximum absolute atomic E-state index is 12.8. The van der Waals surface area contributed by atoms with Gasteiger partial charge in [-0.3, -0.25) is 14.3 Å². The van der Waals surface area contributed by atoms with E-state index in [-0.39, 0.29) is 18.0 Å². The molecule has 0 saturated heterocycles. The summed E-state index contributed by atoms with van der Waals surface area (Å²) in [6, 6.07) is 9.09. The quantitative estimate of drug-likeness (QED) is 0.477. The summed E-state index contributed by atoms with van der Waals surface area (Å²) in [6.07, 6.45) is 0.0639. The molecule has 6 nitrogen and oxygen atoms in total. The summed E-state index contributed by atoms with van der Waals surface area (Å²) in [7, 11) is 1.99. The van der Waals surface area contributed by atoms with Crippen LogP contribution in [0.1, 0.15) is 17.0 Å². The Kier molecular flexibility index (Phi) is 6.02. The van der Waals surface area contributed by atoms with Gasteiger partial charge in [-0.15, -0.1) is 12.4 Å². The lowest BCUT2D eigenvalue weighted by molar-refractivity contribution is -0.141. The first-order valence-corrected chi connectivity index (χ1v) is 10.3. The molecular weight excluding hydrogens is 455 g/mol. The first kappa shape index (κ1) is 23.0. The Bertz CT molecular complexity index is 1380. The number of rotatable bonds is 2. The number of halogens is 4. The molecule has 1 N–H and O–H groups in total. The number of nitrogens with one attached hydrogen (secondary N) is 1. The molecule has 0 radical (unpaired) electrons. The van der Waals surface area contributed by atoms with Gasteiger partial charge in [-0.1, -0.05) is 6.07 Å². The van der Waals surface area contributed by atoms with Crippen LogP contribution in [0.25, 0.3) is 28.0 Å². The van der Waals surface area contributed by atoms with E-state index in [1.807, 2.05) is 19.2 Å². The van der Waals surface area contributed by atoms with Gasteiger partial charge < -0.3 is 9.88 Å². The van der Waals surface area contributed by atoms with Crippen LogP contribution in [0.3, 0.4) is 0 Å². The largest absolute Gasteiger partial charge is 0.433 e. The lowest BCUT2D eigenvalue weighted by Gasteiger charge is -2.09. The molecule has 0 saturated carbocycles. The summed E-state index contributed by atoms with van der Waals surface area (Å²) in [5, 5.41) is 4.50. The number of pyridine rings is 3. The number of alkyl halides is 3. The minimum Gasteiger partial charge on any atom is -0.332 e. The number of hydrogen-bond donors (Lipinski definition) is 1. The highest BCUT2D eigenvalue weighted by atomic mass is 35.5. The number of hydrogen-bond acceptors (Lipinski definition) is 4. The third-order valence-electron chi connectivity index (χ3n) is 5.90. The molecule has 33 heavy (non-hydrogen) atoms. The predicted molar refractivity (Wildman–Crippen MR) is 122 cm³/mol. The Hall–Kier alpha value is -3.17. The molecule has 0 aromatic carbocycles. The van der Waals surface area contributed by atoms with Crippen LogP contribution in [0.5, 0.6) is 0 Å². The molecule has 0 spiro atoms. The van der Waals surface area contributed by atoms with E-state index >= 15 is 0 Å². The van der Waals surface area contributed by atoms with Crippen LogP contribution in [0, 0.1) is 0 Å². The second kappa shape index (κ2) is 8.64. The van der Waals surface area contributed by atoms with Gasteiger partial charge in [0, 0.05) is 55.1 Å². The van der Waals surface area contributed by atoms with Crippen LogP contribution in [0.4, 0.5) is 13.2 Å². The van der Waals surface area contributed by atoms with Gasteiger partial charge in [-0.2, -0.15) is 13.2 Å². The minimum atomic E-state index is -4.50. The molecule has 0 aliphatic carbocycles. The SMILES string of the molecule is Cl.Cn1c2c(c3ccc(-n4ccc(-c5ccc(C(F)(F)F)nc5)cc4=O)nc31)CCNCC2. The molecule has 4 aromatic rings. The van der Waals surface area contributed by atoms with Crippen molar-refractivity contribution in [3.05, 3.63) is 76.1 Å². The molecular formula is C23H21ClF3N5O. The molecule has 1 aliphatic rings. The topological polar surface area (TPSA) is 64.7 Å². The molecule has 5 heterocycles. The van der Waals surface area contributed by atoms with E-state index in [0.29, 0.717) is 16.9 Å². The predicted octanol–water partition coefficient (Wildman–Crippen LogP) is 3.92. The fourth-order valence-corrected chi connectivity index (χ4v) is 4.27. The van der Waals surface area contributed by atoms with E-state index in [4.69, 9.17) is 4.98 Å². The zero-order chi connectivity index (χ0) is 22.5. The molecule has 0 amide bonds. The standard InChI is InChI=1S/C23H20F3N5O.ClH/c1-30-18-7-10-27-9-6-16(18)17-3-5-20(29-22(17)30)31-11-8-14(12-21(31)32)15-2-4-19(28-13-15)23(24,25)26;/h2-5,8,11-13,27H,6-7,9-10H2,1H3;1H. The second-order valence-electron chi connectivity index (χ2n) is 7.83. The Labute approximate surface area is 193 Å². The number of aryl methyl sites for hydroxylation is 1. The first-order chi connectivity index (χ1) is 15.3. The zero-order valence-electron chi connectivity index (χ0n) is 17.7. The van der Waals surface area contributed by atoms with Gasteiger partial charge in [0.1, 0.15) is 17.2 Å². The highest BCUT2D eigenvalue weighted by molar-refractivity contribution is 5.85. The van der Waals surface area contributed by atoms with Gasteiger partial charge in [0.2, 0.25) is 0 Å². The van der Waals surface area contributed by atoms with Crippen molar-refractivity contribution < 1.29 is 13.2 Å². The summed E-state index contributed by atoms with van der Waals surface area (Å²) in [5.74, 6) is 0.494. The van der Waals surface area contributed by atoms with Gasteiger partial charge in [0.15, 0.2) is 0 Å². The molecule has 1 aliphatic heterocycles. The fourth-order valence-electron chi connectivity index (χ4n) is 4.27. The Morgan fingerprint density at radius 3 is 2.52 bits per heavy atom. The molecule has 0 fully saturated rings. The molecule has 4 aromatic heterocycles. The average molecular weight is 476 g/mol. The van der Waals surface area contributed by atoms with Crippen molar-refractivity contribution in [2.45, 2.75) is 19.0 Å². The first-order valence-electron chi connectivity index (χ1n) is 10.3. The van der Waals surface area contributed by atoms with Gasteiger partial charge in [-0.05, 0) is 48.4 Å². The van der Waals surface area contributed by atoms with Crippen molar-refractivity contribution in [1.29, 1.82) is 0 Å². The van der Waals surface area contributed by atoms with Crippen molar-refractivity contribution in [2.75, 3.05) is 13.1 Å². The normalized spacial score (nSPS) is 13.9. The van der Waals surface area contributed by atoms with E-state index in [1.165, 1.54) is 28.0 Å². The van der Waals surface area contributed by atoms with Crippen molar-refractivity contribution in [2.24, 2.45) is 7.05 Å². The number of aromatic nitrogens is 4. The van der Waals surface area contributed by atoms with Crippen LogP contribution >= 0.6 is 12.4 Å². The minimum absolute atomic E-state index is 0. The van der Waals surface area contributed by atoms with Crippen LogP contribution in [0.2, 0.25) is 0 Å². The van der Waals surface area contributed by atoms with E-state index in [2.05, 4.69) is 14.9 Å². The number of nitrogens with zero attached hydrogens (tertiary/aromatic N) is 4. The fraction of sp³-hybridized carbons (Fsp3) is 0.261. The van der Waals surface area contributed by atoms with Crippen molar-refractivity contribution in [1.82, 2.24) is 24.4 Å². The van der Waals surface area contributed by atoms with Crippen LogP contribution in [0.15, 0.2) is 53.6 Å². The highest BCUT2D eigenvalue weighted by Gasteiger charge is 2.32. The molecule has 10 heteroatoms. The lowest BCUT2D eigenvalue weighted by Crippen LogP contribution is -2.18. The van der Waals surface area contributed by atoms with Crippen LogP contribution < -0.4 is 10.9 Å². The zero-order valence-corrected chi connectivity index (χ0v) is 18.5. The van der Waals surface area contributed by atoms with Crippen LogP contribution in [-0.4, -0.2) is 32.2 Å². The van der Waals surface area contributed by atoms with Gasteiger partial charge in [0.05, 0.1) is 0 Å². The van der Waals surface area contributed by atoms with Gasteiger partial charge in [0.25, 0.3) is 5.56 Å². The second-order valence-corrected chi connectivity index (χ2v) is 7.83. The summed E-state index contributed by atoms with van der Waals surface area (Å²) in [5.41, 5.74) is 3.02. The van der Waals surface area contributed by atoms with Crippen molar-refractivity contribution >= 4 is 23.4 Å². The molecule has 0 bridgehead atoms. The lowest BCUT2D eigenvalue weighted by atomic mass is 10.1. The monoisotopic (exact) mass is 475 g/mol. The Morgan fingerprint density at radius 2 is 1.82 bits per heavy atom.